The molecular weight excluding hydrogens is 371 g/mol. The van der Waals surface area contributed by atoms with Crippen molar-refractivity contribution in [2.75, 3.05) is 13.1 Å². The van der Waals surface area contributed by atoms with Crippen LogP contribution in [0.15, 0.2) is 24.3 Å². The summed E-state index contributed by atoms with van der Waals surface area (Å²) in [5.74, 6) is -0.913. The number of hydrogen-bond acceptors (Lipinski definition) is 3. The predicted molar refractivity (Wildman–Crippen MR) is 97.3 cm³/mol. The maximum absolute atomic E-state index is 13.0. The lowest BCUT2D eigenvalue weighted by Crippen LogP contribution is -2.43. The van der Waals surface area contributed by atoms with Crippen LogP contribution in [0.3, 0.4) is 0 Å². The zero-order valence-corrected chi connectivity index (χ0v) is 16.0. The molecule has 1 aromatic heterocycles. The molecule has 8 heteroatoms. The highest BCUT2D eigenvalue weighted by molar-refractivity contribution is 6.43. The van der Waals surface area contributed by atoms with Gasteiger partial charge in [0.15, 0.2) is 0 Å². The molecule has 1 aromatic carbocycles. The molecule has 1 aliphatic heterocycles. The highest BCUT2D eigenvalue weighted by Crippen LogP contribution is 2.31. The zero-order chi connectivity index (χ0) is 20.6. The van der Waals surface area contributed by atoms with Gasteiger partial charge in [-0.25, -0.2) is 4.68 Å². The van der Waals surface area contributed by atoms with Crippen LogP contribution in [0.4, 0.5) is 13.2 Å². The third-order valence-corrected chi connectivity index (χ3v) is 5.07. The number of piperidine rings is 1. The van der Waals surface area contributed by atoms with Crippen LogP contribution < -0.4 is 0 Å². The molecule has 28 heavy (non-hydrogen) atoms. The molecule has 1 atom stereocenters. The van der Waals surface area contributed by atoms with Crippen molar-refractivity contribution < 1.29 is 22.8 Å². The summed E-state index contributed by atoms with van der Waals surface area (Å²) in [4.78, 5) is 27.1. The summed E-state index contributed by atoms with van der Waals surface area (Å²) in [5.41, 5.74) is 0.205. The number of hydrogen-bond donors (Lipinski definition) is 0. The second-order valence-electron chi connectivity index (χ2n) is 7.33. The normalized spacial score (nSPS) is 17.6. The molecule has 0 saturated carbocycles. The Morgan fingerprint density at radius 3 is 2.57 bits per heavy atom. The SMILES string of the molecule is Cc1nn(-c2cccc(C(F)(F)F)c2)c(C)c1C(=O)C(=O)N1CCCC(C)C1. The quantitative estimate of drug-likeness (QED) is 0.586. The van der Waals surface area contributed by atoms with Crippen molar-refractivity contribution in [1.29, 1.82) is 0 Å². The van der Waals surface area contributed by atoms with E-state index in [0.29, 0.717) is 30.4 Å². The average Bonchev–Trinajstić information content (AvgIpc) is 2.94. The molecular formula is C20H22F3N3O2. The maximum Gasteiger partial charge on any atom is 0.416 e. The highest BCUT2D eigenvalue weighted by Gasteiger charge is 2.32. The Morgan fingerprint density at radius 1 is 1.21 bits per heavy atom. The summed E-state index contributed by atoms with van der Waals surface area (Å²) in [7, 11) is 0. The van der Waals surface area contributed by atoms with Crippen LogP contribution in [0.5, 0.6) is 0 Å². The lowest BCUT2D eigenvalue weighted by molar-refractivity contribution is -0.137. The molecule has 2 heterocycles. The predicted octanol–water partition coefficient (Wildman–Crippen LogP) is 3.95. The highest BCUT2D eigenvalue weighted by atomic mass is 19.4. The van der Waals surface area contributed by atoms with Crippen LogP contribution in [0.2, 0.25) is 0 Å². The number of rotatable bonds is 3. The number of nitrogens with zero attached hydrogens (tertiary/aromatic N) is 3. The van der Waals surface area contributed by atoms with Crippen LogP contribution >= 0.6 is 0 Å². The van der Waals surface area contributed by atoms with Gasteiger partial charge in [0.25, 0.3) is 11.7 Å². The van der Waals surface area contributed by atoms with Crippen LogP contribution in [0.1, 0.15) is 47.1 Å². The molecule has 1 fully saturated rings. The van der Waals surface area contributed by atoms with Gasteiger partial charge in [-0.05, 0) is 50.8 Å². The van der Waals surface area contributed by atoms with Crippen LogP contribution in [-0.4, -0.2) is 39.5 Å². The van der Waals surface area contributed by atoms with Gasteiger partial charge in [0.1, 0.15) is 0 Å². The van der Waals surface area contributed by atoms with Crippen LogP contribution in [0, 0.1) is 19.8 Å². The number of carbonyl (C=O) groups excluding carboxylic acids is 2. The molecule has 0 bridgehead atoms. The largest absolute Gasteiger partial charge is 0.416 e. The van der Waals surface area contributed by atoms with Gasteiger partial charge in [0.05, 0.1) is 28.2 Å². The topological polar surface area (TPSA) is 55.2 Å². The number of carbonyl (C=O) groups is 2. The minimum Gasteiger partial charge on any atom is -0.336 e. The number of Topliss-reactive ketones (excluding diaryl/α,β-unsaturated/α-hetero) is 1. The number of ketones is 1. The molecule has 150 valence electrons. The van der Waals surface area contributed by atoms with E-state index >= 15 is 0 Å². The fourth-order valence-corrected chi connectivity index (χ4v) is 3.66. The fourth-order valence-electron chi connectivity index (χ4n) is 3.66. The molecule has 5 nitrogen and oxygen atoms in total. The summed E-state index contributed by atoms with van der Waals surface area (Å²) >= 11 is 0. The first-order valence-corrected chi connectivity index (χ1v) is 9.17. The lowest BCUT2D eigenvalue weighted by Gasteiger charge is -2.30. The van der Waals surface area contributed by atoms with E-state index in [1.165, 1.54) is 16.8 Å². The van der Waals surface area contributed by atoms with Gasteiger partial charge in [-0.3, -0.25) is 9.59 Å². The van der Waals surface area contributed by atoms with Gasteiger partial charge in [0.2, 0.25) is 0 Å². The van der Waals surface area contributed by atoms with Crippen molar-refractivity contribution in [2.45, 2.75) is 39.8 Å². The third kappa shape index (κ3) is 3.81. The van der Waals surface area contributed by atoms with Crippen LogP contribution in [-0.2, 0) is 11.0 Å². The Kier molecular flexibility index (Phi) is 5.32. The number of halogens is 3. The smallest absolute Gasteiger partial charge is 0.336 e. The summed E-state index contributed by atoms with van der Waals surface area (Å²) in [6.07, 6.45) is -2.61. The van der Waals surface area contributed by atoms with E-state index < -0.39 is 23.4 Å². The molecule has 0 spiro atoms. The number of alkyl halides is 3. The second kappa shape index (κ2) is 7.41. The summed E-state index contributed by atoms with van der Waals surface area (Å²) in [5, 5.41) is 4.22. The number of likely N-dealkylation sites (tertiary alicyclic amines) is 1. The van der Waals surface area contributed by atoms with Crippen molar-refractivity contribution in [3.05, 3.63) is 46.8 Å². The molecule has 2 aromatic rings. The third-order valence-electron chi connectivity index (χ3n) is 5.07. The minimum absolute atomic E-state index is 0.153. The van der Waals surface area contributed by atoms with E-state index in [1.54, 1.807) is 18.7 Å². The van der Waals surface area contributed by atoms with Crippen LogP contribution in [0.25, 0.3) is 5.69 Å². The van der Waals surface area contributed by atoms with Gasteiger partial charge >= 0.3 is 6.18 Å². The van der Waals surface area contributed by atoms with E-state index in [4.69, 9.17) is 0 Å². The monoisotopic (exact) mass is 393 g/mol. The van der Waals surface area contributed by atoms with Gasteiger partial charge in [-0.1, -0.05) is 13.0 Å². The molecule has 0 N–H and O–H groups in total. The minimum atomic E-state index is -4.48. The van der Waals surface area contributed by atoms with Crippen molar-refractivity contribution >= 4 is 11.7 Å². The van der Waals surface area contributed by atoms with Crippen molar-refractivity contribution in [3.8, 4) is 5.69 Å². The number of benzene rings is 1. The van der Waals surface area contributed by atoms with Gasteiger partial charge in [-0.15, -0.1) is 0 Å². The Hall–Kier alpha value is -2.64. The Balaban J connectivity index is 1.94. The summed E-state index contributed by atoms with van der Waals surface area (Å²) in [6.45, 7) is 6.27. The van der Waals surface area contributed by atoms with Gasteiger partial charge < -0.3 is 4.90 Å². The lowest BCUT2D eigenvalue weighted by atomic mass is 9.99. The maximum atomic E-state index is 13.0. The van der Waals surface area contributed by atoms with Gasteiger partial charge in [0, 0.05) is 13.1 Å². The standard InChI is InChI=1S/C20H22F3N3O2/c1-12-6-5-9-25(11-12)19(28)18(27)17-13(2)24-26(14(17)3)16-8-4-7-15(10-16)20(21,22)23/h4,7-8,10,12H,5-6,9,11H2,1-3H3. The Morgan fingerprint density at radius 2 is 1.93 bits per heavy atom. The summed E-state index contributed by atoms with van der Waals surface area (Å²) in [6, 6.07) is 4.72. The van der Waals surface area contributed by atoms with E-state index in [9.17, 15) is 22.8 Å². The van der Waals surface area contributed by atoms with Crippen molar-refractivity contribution in [1.82, 2.24) is 14.7 Å². The fraction of sp³-hybridized carbons (Fsp3) is 0.450. The summed E-state index contributed by atoms with van der Waals surface area (Å²) < 4.78 is 40.3. The molecule has 1 aliphatic rings. The van der Waals surface area contributed by atoms with Gasteiger partial charge in [-0.2, -0.15) is 18.3 Å². The van der Waals surface area contributed by atoms with E-state index in [2.05, 4.69) is 5.10 Å². The van der Waals surface area contributed by atoms with E-state index in [0.717, 1.165) is 25.0 Å². The zero-order valence-electron chi connectivity index (χ0n) is 16.0. The molecule has 1 amide bonds. The number of aryl methyl sites for hydroxylation is 1. The van der Waals surface area contributed by atoms with Crippen molar-refractivity contribution in [2.24, 2.45) is 5.92 Å². The molecule has 0 radical (unpaired) electrons. The molecule has 1 saturated heterocycles. The second-order valence-corrected chi connectivity index (χ2v) is 7.33. The molecule has 0 aliphatic carbocycles. The first-order chi connectivity index (χ1) is 13.1. The Bertz CT molecular complexity index is 918. The molecule has 3 rings (SSSR count). The average molecular weight is 393 g/mol. The first-order valence-electron chi connectivity index (χ1n) is 9.17. The van der Waals surface area contributed by atoms with Crippen molar-refractivity contribution in [3.63, 3.8) is 0 Å². The first kappa shape index (κ1) is 20.1. The molecule has 1 unspecified atom stereocenters. The van der Waals surface area contributed by atoms with E-state index in [-0.39, 0.29) is 11.3 Å². The van der Waals surface area contributed by atoms with E-state index in [1.807, 2.05) is 6.92 Å². The Labute approximate surface area is 161 Å². The number of aromatic nitrogens is 2. The number of amides is 1.